The molecule has 0 atom stereocenters. The van der Waals surface area contributed by atoms with Crippen LogP contribution in [-0.4, -0.2) is 33.2 Å². The van der Waals surface area contributed by atoms with Crippen molar-refractivity contribution in [3.05, 3.63) is 60.2 Å². The molecule has 25 heavy (non-hydrogen) atoms. The summed E-state index contributed by atoms with van der Waals surface area (Å²) in [5.41, 5.74) is 2.63. The number of rotatable bonds is 6. The first-order chi connectivity index (χ1) is 12.2. The molecule has 7 heteroatoms. The first-order valence-corrected chi connectivity index (χ1v) is 7.83. The van der Waals surface area contributed by atoms with Crippen LogP contribution in [0.4, 0.5) is 21.8 Å². The van der Waals surface area contributed by atoms with Gasteiger partial charge in [-0.1, -0.05) is 6.07 Å². The summed E-state index contributed by atoms with van der Waals surface area (Å²) in [6.07, 6.45) is 3.39. The predicted molar refractivity (Wildman–Crippen MR) is 95.3 cm³/mol. The van der Waals surface area contributed by atoms with Crippen molar-refractivity contribution in [1.82, 2.24) is 15.0 Å². The third-order valence-electron chi connectivity index (χ3n) is 3.61. The summed E-state index contributed by atoms with van der Waals surface area (Å²) in [6, 6.07) is 10.3. The van der Waals surface area contributed by atoms with Crippen molar-refractivity contribution in [2.45, 2.75) is 6.92 Å². The van der Waals surface area contributed by atoms with Crippen molar-refractivity contribution in [3.63, 3.8) is 0 Å². The molecule has 2 aromatic heterocycles. The molecule has 128 valence electrons. The van der Waals surface area contributed by atoms with E-state index in [4.69, 9.17) is 5.11 Å². The molecule has 6 nitrogen and oxygen atoms in total. The Kier molecular flexibility index (Phi) is 5.15. The molecule has 3 N–H and O–H groups in total. The van der Waals surface area contributed by atoms with E-state index in [9.17, 15) is 4.39 Å². The maximum atomic E-state index is 13.8. The van der Waals surface area contributed by atoms with Crippen molar-refractivity contribution in [2.24, 2.45) is 0 Å². The highest BCUT2D eigenvalue weighted by molar-refractivity contribution is 5.68. The second kappa shape index (κ2) is 7.67. The minimum atomic E-state index is -0.287. The highest BCUT2D eigenvalue weighted by Crippen LogP contribution is 2.25. The molecule has 0 fully saturated rings. The van der Waals surface area contributed by atoms with E-state index in [0.29, 0.717) is 35.3 Å². The number of hydrogen-bond donors (Lipinski definition) is 3. The van der Waals surface area contributed by atoms with Crippen molar-refractivity contribution in [3.8, 4) is 11.3 Å². The van der Waals surface area contributed by atoms with Crippen molar-refractivity contribution in [2.75, 3.05) is 23.8 Å². The Bertz CT molecular complexity index is 857. The lowest BCUT2D eigenvalue weighted by atomic mass is 10.2. The molecular weight excluding hydrogens is 321 g/mol. The molecule has 3 rings (SSSR count). The standard InChI is InChI=1S/C18H18FN5O/c1-12-14(19)5-2-6-15(12)22-17-10-16(13-4-3-7-20-11-13)23-18(24-17)21-8-9-25/h2-7,10-11,25H,8-9H2,1H3,(H2,21,22,23,24). The van der Waals surface area contributed by atoms with Gasteiger partial charge in [0, 0.05) is 41.8 Å². The fraction of sp³-hybridized carbons (Fsp3) is 0.167. The van der Waals surface area contributed by atoms with Crippen LogP contribution in [-0.2, 0) is 0 Å². The monoisotopic (exact) mass is 339 g/mol. The summed E-state index contributed by atoms with van der Waals surface area (Å²) in [4.78, 5) is 12.9. The van der Waals surface area contributed by atoms with E-state index in [1.165, 1.54) is 6.07 Å². The molecule has 0 radical (unpaired) electrons. The van der Waals surface area contributed by atoms with Crippen LogP contribution in [0.15, 0.2) is 48.8 Å². The minimum Gasteiger partial charge on any atom is -0.395 e. The molecule has 1 aromatic carbocycles. The van der Waals surface area contributed by atoms with Gasteiger partial charge in [0.2, 0.25) is 5.95 Å². The maximum Gasteiger partial charge on any atom is 0.225 e. The van der Waals surface area contributed by atoms with Gasteiger partial charge in [-0.15, -0.1) is 0 Å². The molecule has 0 saturated heterocycles. The van der Waals surface area contributed by atoms with Crippen LogP contribution >= 0.6 is 0 Å². The van der Waals surface area contributed by atoms with Crippen LogP contribution < -0.4 is 10.6 Å². The lowest BCUT2D eigenvalue weighted by molar-refractivity contribution is 0.311. The molecule has 0 saturated carbocycles. The molecule has 0 aliphatic rings. The molecule has 0 spiro atoms. The van der Waals surface area contributed by atoms with Crippen molar-refractivity contribution in [1.29, 1.82) is 0 Å². The smallest absolute Gasteiger partial charge is 0.225 e. The highest BCUT2D eigenvalue weighted by Gasteiger charge is 2.09. The number of nitrogens with one attached hydrogen (secondary N) is 2. The number of nitrogens with zero attached hydrogens (tertiary/aromatic N) is 3. The van der Waals surface area contributed by atoms with Gasteiger partial charge in [-0.2, -0.15) is 4.98 Å². The van der Waals surface area contributed by atoms with Gasteiger partial charge in [-0.3, -0.25) is 4.98 Å². The number of aliphatic hydroxyl groups excluding tert-OH is 1. The quantitative estimate of drug-likeness (QED) is 0.640. The van der Waals surface area contributed by atoms with E-state index in [-0.39, 0.29) is 12.4 Å². The number of anilines is 3. The molecule has 0 bridgehead atoms. The van der Waals surface area contributed by atoms with Gasteiger partial charge in [0.05, 0.1) is 12.3 Å². The molecule has 3 aromatic rings. The predicted octanol–water partition coefficient (Wildman–Crippen LogP) is 3.13. The van der Waals surface area contributed by atoms with Crippen molar-refractivity contribution < 1.29 is 9.50 Å². The van der Waals surface area contributed by atoms with Crippen LogP contribution in [0.1, 0.15) is 5.56 Å². The normalized spacial score (nSPS) is 10.5. The lowest BCUT2D eigenvalue weighted by Crippen LogP contribution is -2.10. The SMILES string of the molecule is Cc1c(F)cccc1Nc1cc(-c2cccnc2)nc(NCCO)n1. The Morgan fingerprint density at radius 2 is 2.04 bits per heavy atom. The Morgan fingerprint density at radius 1 is 1.16 bits per heavy atom. The molecule has 0 aliphatic carbocycles. The van der Waals surface area contributed by atoms with E-state index >= 15 is 0 Å². The van der Waals surface area contributed by atoms with E-state index in [0.717, 1.165) is 5.56 Å². The first kappa shape index (κ1) is 16.8. The Balaban J connectivity index is 1.98. The average Bonchev–Trinajstić information content (AvgIpc) is 2.64. The van der Waals surface area contributed by atoms with E-state index in [2.05, 4.69) is 25.6 Å². The third kappa shape index (κ3) is 4.07. The number of benzene rings is 1. The van der Waals surface area contributed by atoms with Crippen LogP contribution in [0.3, 0.4) is 0 Å². The average molecular weight is 339 g/mol. The molecule has 0 unspecified atom stereocenters. The van der Waals surface area contributed by atoms with E-state index in [1.807, 2.05) is 12.1 Å². The number of hydrogen-bond acceptors (Lipinski definition) is 6. The van der Waals surface area contributed by atoms with Gasteiger partial charge in [0.15, 0.2) is 0 Å². The largest absolute Gasteiger partial charge is 0.395 e. The van der Waals surface area contributed by atoms with Gasteiger partial charge in [0.1, 0.15) is 11.6 Å². The Morgan fingerprint density at radius 3 is 2.80 bits per heavy atom. The fourth-order valence-electron chi connectivity index (χ4n) is 2.30. The summed E-state index contributed by atoms with van der Waals surface area (Å²) in [6.45, 7) is 1.99. The van der Waals surface area contributed by atoms with Gasteiger partial charge in [-0.05, 0) is 31.2 Å². The summed E-state index contributed by atoms with van der Waals surface area (Å²) >= 11 is 0. The molecule has 2 heterocycles. The third-order valence-corrected chi connectivity index (χ3v) is 3.61. The summed E-state index contributed by atoms with van der Waals surface area (Å²) in [5.74, 6) is 0.597. The van der Waals surface area contributed by atoms with Crippen molar-refractivity contribution >= 4 is 17.5 Å². The number of halogens is 1. The summed E-state index contributed by atoms with van der Waals surface area (Å²) in [5, 5.41) is 15.1. The van der Waals surface area contributed by atoms with Crippen LogP contribution in [0.2, 0.25) is 0 Å². The maximum absolute atomic E-state index is 13.8. The van der Waals surface area contributed by atoms with E-state index < -0.39 is 0 Å². The summed E-state index contributed by atoms with van der Waals surface area (Å²) < 4.78 is 13.8. The second-order valence-electron chi connectivity index (χ2n) is 5.39. The number of pyridine rings is 1. The summed E-state index contributed by atoms with van der Waals surface area (Å²) in [7, 11) is 0. The first-order valence-electron chi connectivity index (χ1n) is 7.83. The zero-order valence-corrected chi connectivity index (χ0v) is 13.7. The highest BCUT2D eigenvalue weighted by atomic mass is 19.1. The van der Waals surface area contributed by atoms with Gasteiger partial charge < -0.3 is 15.7 Å². The van der Waals surface area contributed by atoms with Crippen LogP contribution in [0.5, 0.6) is 0 Å². The molecule has 0 amide bonds. The Labute approximate surface area is 144 Å². The second-order valence-corrected chi connectivity index (χ2v) is 5.39. The van der Waals surface area contributed by atoms with Gasteiger partial charge in [-0.25, -0.2) is 9.37 Å². The fourth-order valence-corrected chi connectivity index (χ4v) is 2.30. The van der Waals surface area contributed by atoms with Crippen LogP contribution in [0.25, 0.3) is 11.3 Å². The number of aliphatic hydroxyl groups is 1. The molecule has 0 aliphatic heterocycles. The Hall–Kier alpha value is -3.06. The minimum absolute atomic E-state index is 0.0355. The topological polar surface area (TPSA) is 83.0 Å². The van der Waals surface area contributed by atoms with E-state index in [1.54, 1.807) is 37.5 Å². The van der Waals surface area contributed by atoms with Gasteiger partial charge >= 0.3 is 0 Å². The zero-order valence-electron chi connectivity index (χ0n) is 13.7. The van der Waals surface area contributed by atoms with Crippen LogP contribution in [0, 0.1) is 12.7 Å². The van der Waals surface area contributed by atoms with Gasteiger partial charge in [0.25, 0.3) is 0 Å². The number of aromatic nitrogens is 3. The zero-order chi connectivity index (χ0) is 17.6. The lowest BCUT2D eigenvalue weighted by Gasteiger charge is -2.12. The molecular formula is C18H18FN5O.